The SMILES string of the molecule is Clc1ccc(CN2CCC(CNC3CC3)CC2)c(Cl)c1. The van der Waals surface area contributed by atoms with Crippen LogP contribution in [0.25, 0.3) is 0 Å². The number of piperidine rings is 1. The van der Waals surface area contributed by atoms with Gasteiger partial charge in [0.05, 0.1) is 0 Å². The summed E-state index contributed by atoms with van der Waals surface area (Å²) in [6, 6.07) is 6.64. The fourth-order valence-electron chi connectivity index (χ4n) is 2.86. The van der Waals surface area contributed by atoms with Crippen molar-refractivity contribution in [1.82, 2.24) is 10.2 Å². The van der Waals surface area contributed by atoms with Crippen molar-refractivity contribution in [2.45, 2.75) is 38.3 Å². The Morgan fingerprint density at radius 3 is 2.50 bits per heavy atom. The quantitative estimate of drug-likeness (QED) is 0.885. The third-order valence-electron chi connectivity index (χ3n) is 4.39. The molecule has 20 heavy (non-hydrogen) atoms. The lowest BCUT2D eigenvalue weighted by Crippen LogP contribution is -2.37. The molecule has 1 aromatic carbocycles. The van der Waals surface area contributed by atoms with Crippen molar-refractivity contribution in [3.8, 4) is 0 Å². The molecule has 0 bridgehead atoms. The molecule has 1 aliphatic carbocycles. The molecule has 2 nitrogen and oxygen atoms in total. The van der Waals surface area contributed by atoms with E-state index in [1.54, 1.807) is 0 Å². The largest absolute Gasteiger partial charge is 0.314 e. The van der Waals surface area contributed by atoms with Gasteiger partial charge >= 0.3 is 0 Å². The Morgan fingerprint density at radius 2 is 1.85 bits per heavy atom. The van der Waals surface area contributed by atoms with Crippen LogP contribution in [0.4, 0.5) is 0 Å². The van der Waals surface area contributed by atoms with E-state index in [1.807, 2.05) is 18.2 Å². The highest BCUT2D eigenvalue weighted by Crippen LogP contribution is 2.25. The van der Waals surface area contributed by atoms with Gasteiger partial charge in [0.2, 0.25) is 0 Å². The second-order valence-corrected chi connectivity index (χ2v) is 6.98. The summed E-state index contributed by atoms with van der Waals surface area (Å²) in [6.45, 7) is 4.50. The van der Waals surface area contributed by atoms with Crippen LogP contribution in [-0.4, -0.2) is 30.6 Å². The minimum Gasteiger partial charge on any atom is -0.314 e. The summed E-state index contributed by atoms with van der Waals surface area (Å²) in [5, 5.41) is 5.15. The average Bonchev–Trinajstić information content (AvgIpc) is 3.25. The summed E-state index contributed by atoms with van der Waals surface area (Å²) in [6.07, 6.45) is 5.36. The Labute approximate surface area is 131 Å². The summed E-state index contributed by atoms with van der Waals surface area (Å²) < 4.78 is 0. The maximum Gasteiger partial charge on any atom is 0.0465 e. The average molecular weight is 313 g/mol. The molecule has 0 atom stereocenters. The fraction of sp³-hybridized carbons (Fsp3) is 0.625. The smallest absolute Gasteiger partial charge is 0.0465 e. The number of hydrogen-bond acceptors (Lipinski definition) is 2. The molecule has 1 saturated heterocycles. The Bertz CT molecular complexity index is 452. The van der Waals surface area contributed by atoms with E-state index in [4.69, 9.17) is 23.2 Å². The van der Waals surface area contributed by atoms with E-state index in [9.17, 15) is 0 Å². The molecule has 2 aliphatic rings. The molecule has 1 saturated carbocycles. The van der Waals surface area contributed by atoms with E-state index < -0.39 is 0 Å². The highest BCUT2D eigenvalue weighted by Gasteiger charge is 2.24. The summed E-state index contributed by atoms with van der Waals surface area (Å²) >= 11 is 12.2. The molecule has 1 aromatic rings. The van der Waals surface area contributed by atoms with Crippen LogP contribution in [0, 0.1) is 5.92 Å². The van der Waals surface area contributed by atoms with Crippen molar-refractivity contribution in [3.63, 3.8) is 0 Å². The van der Waals surface area contributed by atoms with Crippen LogP contribution in [0.5, 0.6) is 0 Å². The van der Waals surface area contributed by atoms with Crippen molar-refractivity contribution in [2.75, 3.05) is 19.6 Å². The zero-order valence-corrected chi connectivity index (χ0v) is 13.3. The molecule has 0 amide bonds. The summed E-state index contributed by atoms with van der Waals surface area (Å²) in [4.78, 5) is 2.50. The number of likely N-dealkylation sites (tertiary alicyclic amines) is 1. The van der Waals surface area contributed by atoms with Crippen molar-refractivity contribution in [1.29, 1.82) is 0 Å². The lowest BCUT2D eigenvalue weighted by Gasteiger charge is -2.32. The van der Waals surface area contributed by atoms with E-state index in [2.05, 4.69) is 10.2 Å². The first kappa shape index (κ1) is 14.6. The number of hydrogen-bond donors (Lipinski definition) is 1. The first-order valence-corrected chi connectivity index (χ1v) is 8.36. The number of rotatable bonds is 5. The molecule has 2 fully saturated rings. The van der Waals surface area contributed by atoms with Gasteiger partial charge in [-0.25, -0.2) is 0 Å². The van der Waals surface area contributed by atoms with Crippen molar-refractivity contribution in [2.24, 2.45) is 5.92 Å². The van der Waals surface area contributed by atoms with Gasteiger partial charge in [0.1, 0.15) is 0 Å². The standard InChI is InChI=1S/C16H22Cl2N2/c17-14-2-1-13(16(18)9-14)11-20-7-5-12(6-8-20)10-19-15-3-4-15/h1-2,9,12,15,19H,3-8,10-11H2. The zero-order valence-electron chi connectivity index (χ0n) is 11.7. The fourth-order valence-corrected chi connectivity index (χ4v) is 3.33. The van der Waals surface area contributed by atoms with Crippen LogP contribution in [-0.2, 0) is 6.54 Å². The van der Waals surface area contributed by atoms with E-state index in [1.165, 1.54) is 50.9 Å². The molecule has 0 spiro atoms. The third kappa shape index (κ3) is 4.11. The Hall–Kier alpha value is -0.280. The van der Waals surface area contributed by atoms with Crippen LogP contribution >= 0.6 is 23.2 Å². The maximum atomic E-state index is 6.25. The van der Waals surface area contributed by atoms with Gasteiger partial charge in [-0.05, 0) is 68.9 Å². The van der Waals surface area contributed by atoms with Crippen LogP contribution in [0.3, 0.4) is 0 Å². The molecule has 3 rings (SSSR count). The van der Waals surface area contributed by atoms with E-state index in [0.29, 0.717) is 5.02 Å². The summed E-state index contributed by atoms with van der Waals surface area (Å²) in [5.41, 5.74) is 1.19. The van der Waals surface area contributed by atoms with Crippen molar-refractivity contribution in [3.05, 3.63) is 33.8 Å². The predicted octanol–water partition coefficient (Wildman–Crippen LogP) is 3.96. The second-order valence-electron chi connectivity index (χ2n) is 6.14. The minimum atomic E-state index is 0.712. The van der Waals surface area contributed by atoms with Crippen LogP contribution in [0.15, 0.2) is 18.2 Å². The lowest BCUT2D eigenvalue weighted by atomic mass is 9.96. The minimum absolute atomic E-state index is 0.712. The molecule has 0 unspecified atom stereocenters. The van der Waals surface area contributed by atoms with Gasteiger partial charge in [0.15, 0.2) is 0 Å². The van der Waals surface area contributed by atoms with Crippen LogP contribution in [0.1, 0.15) is 31.2 Å². The lowest BCUT2D eigenvalue weighted by molar-refractivity contribution is 0.175. The van der Waals surface area contributed by atoms with Gasteiger partial charge in [0.25, 0.3) is 0 Å². The van der Waals surface area contributed by atoms with Gasteiger partial charge in [-0.15, -0.1) is 0 Å². The van der Waals surface area contributed by atoms with Gasteiger partial charge < -0.3 is 5.32 Å². The molecule has 1 heterocycles. The number of nitrogens with zero attached hydrogens (tertiary/aromatic N) is 1. The molecule has 0 radical (unpaired) electrons. The molecule has 1 N–H and O–H groups in total. The normalized spacial score (nSPS) is 21.3. The van der Waals surface area contributed by atoms with E-state index >= 15 is 0 Å². The van der Waals surface area contributed by atoms with Gasteiger partial charge in [-0.2, -0.15) is 0 Å². The molecule has 4 heteroatoms. The highest BCUT2D eigenvalue weighted by atomic mass is 35.5. The predicted molar refractivity (Wildman–Crippen MR) is 85.5 cm³/mol. The number of halogens is 2. The number of benzene rings is 1. The Kier molecular flexibility index (Phi) is 4.87. The second kappa shape index (κ2) is 6.65. The summed E-state index contributed by atoms with van der Waals surface area (Å²) in [5.74, 6) is 0.854. The van der Waals surface area contributed by atoms with Crippen molar-refractivity contribution < 1.29 is 0 Å². The maximum absolute atomic E-state index is 6.25. The third-order valence-corrected chi connectivity index (χ3v) is 4.98. The molecular weight excluding hydrogens is 291 g/mol. The van der Waals surface area contributed by atoms with Gasteiger partial charge in [-0.1, -0.05) is 29.3 Å². The number of nitrogens with one attached hydrogen (secondary N) is 1. The zero-order chi connectivity index (χ0) is 13.9. The molecule has 1 aliphatic heterocycles. The first-order valence-electron chi connectivity index (χ1n) is 7.60. The van der Waals surface area contributed by atoms with Gasteiger partial charge in [-0.3, -0.25) is 4.90 Å². The van der Waals surface area contributed by atoms with Crippen LogP contribution in [0.2, 0.25) is 10.0 Å². The highest BCUT2D eigenvalue weighted by molar-refractivity contribution is 6.35. The molecule has 0 aromatic heterocycles. The Balaban J connectivity index is 1.45. The molecular formula is C16H22Cl2N2. The molecule has 110 valence electrons. The monoisotopic (exact) mass is 312 g/mol. The van der Waals surface area contributed by atoms with E-state index in [0.717, 1.165) is 23.5 Å². The van der Waals surface area contributed by atoms with Gasteiger partial charge in [0, 0.05) is 22.6 Å². The van der Waals surface area contributed by atoms with Crippen LogP contribution < -0.4 is 5.32 Å². The van der Waals surface area contributed by atoms with Crippen molar-refractivity contribution >= 4 is 23.2 Å². The Morgan fingerprint density at radius 1 is 1.10 bits per heavy atom. The topological polar surface area (TPSA) is 15.3 Å². The summed E-state index contributed by atoms with van der Waals surface area (Å²) in [7, 11) is 0. The van der Waals surface area contributed by atoms with E-state index in [-0.39, 0.29) is 0 Å². The first-order chi connectivity index (χ1) is 9.70.